The van der Waals surface area contributed by atoms with E-state index in [1.807, 2.05) is 18.2 Å². The molecule has 1 aromatic heterocycles. The Morgan fingerprint density at radius 1 is 1.25 bits per heavy atom. The Hall–Kier alpha value is -2.50. The zero-order valence-corrected chi connectivity index (χ0v) is 11.2. The van der Waals surface area contributed by atoms with Gasteiger partial charge in [0.1, 0.15) is 6.10 Å². The zero-order valence-electron chi connectivity index (χ0n) is 11.2. The molecule has 1 aliphatic heterocycles. The maximum Gasteiger partial charge on any atom is 0.270 e. The Labute approximate surface area is 116 Å². The van der Waals surface area contributed by atoms with E-state index in [2.05, 4.69) is 10.4 Å². The number of aromatic nitrogens is 2. The van der Waals surface area contributed by atoms with E-state index in [1.54, 1.807) is 37.0 Å². The van der Waals surface area contributed by atoms with E-state index in [4.69, 9.17) is 9.47 Å². The van der Waals surface area contributed by atoms with Crippen LogP contribution in [0.2, 0.25) is 0 Å². The van der Waals surface area contributed by atoms with Crippen molar-refractivity contribution in [3.8, 4) is 11.5 Å². The standard InChI is InChI=1S/C14H15N3O3/c1-9-13(14(18)15-12-7-8-17(2)16-12)20-11-6-4-3-5-10(11)19-9/h3-9,13H,1-2H3,(H,15,16,18)/t9-,13-/m1/s1. The Morgan fingerprint density at radius 3 is 2.60 bits per heavy atom. The van der Waals surface area contributed by atoms with Crippen LogP contribution in [0.1, 0.15) is 6.92 Å². The molecule has 1 aromatic carbocycles. The minimum atomic E-state index is -0.702. The SMILES string of the molecule is C[C@H]1Oc2ccccc2O[C@H]1C(=O)Nc1ccn(C)n1. The lowest BCUT2D eigenvalue weighted by atomic mass is 10.1. The molecule has 0 bridgehead atoms. The Kier molecular flexibility index (Phi) is 3.06. The monoisotopic (exact) mass is 273 g/mol. The number of amides is 1. The quantitative estimate of drug-likeness (QED) is 0.902. The number of hydrogen-bond donors (Lipinski definition) is 1. The van der Waals surface area contributed by atoms with Gasteiger partial charge in [-0.2, -0.15) is 5.10 Å². The van der Waals surface area contributed by atoms with Gasteiger partial charge in [-0.3, -0.25) is 9.48 Å². The molecule has 104 valence electrons. The minimum Gasteiger partial charge on any atom is -0.482 e. The molecule has 6 heteroatoms. The maximum absolute atomic E-state index is 12.2. The van der Waals surface area contributed by atoms with Crippen molar-refractivity contribution in [3.05, 3.63) is 36.5 Å². The van der Waals surface area contributed by atoms with Crippen molar-refractivity contribution in [1.29, 1.82) is 0 Å². The second kappa shape index (κ2) is 4.88. The van der Waals surface area contributed by atoms with Crippen LogP contribution in [0.3, 0.4) is 0 Å². The molecule has 2 atom stereocenters. The van der Waals surface area contributed by atoms with Gasteiger partial charge < -0.3 is 14.8 Å². The van der Waals surface area contributed by atoms with Crippen LogP contribution in [0.5, 0.6) is 11.5 Å². The number of hydrogen-bond acceptors (Lipinski definition) is 4. The van der Waals surface area contributed by atoms with Gasteiger partial charge in [-0.25, -0.2) is 0 Å². The molecule has 6 nitrogen and oxygen atoms in total. The number of fused-ring (bicyclic) bond motifs is 1. The van der Waals surface area contributed by atoms with E-state index in [0.717, 1.165) is 0 Å². The first kappa shape index (κ1) is 12.5. The Balaban J connectivity index is 1.75. The van der Waals surface area contributed by atoms with Gasteiger partial charge in [0, 0.05) is 19.3 Å². The number of carbonyl (C=O) groups excluding carboxylic acids is 1. The smallest absolute Gasteiger partial charge is 0.270 e. The molecule has 0 radical (unpaired) electrons. The summed E-state index contributed by atoms with van der Waals surface area (Å²) < 4.78 is 13.0. The first-order valence-electron chi connectivity index (χ1n) is 6.36. The molecule has 1 amide bonds. The fraction of sp³-hybridized carbons (Fsp3) is 0.286. The van der Waals surface area contributed by atoms with Gasteiger partial charge in [-0.05, 0) is 19.1 Å². The molecule has 1 aliphatic rings. The van der Waals surface area contributed by atoms with E-state index in [1.165, 1.54) is 0 Å². The van der Waals surface area contributed by atoms with Crippen LogP contribution in [0.4, 0.5) is 5.82 Å². The summed E-state index contributed by atoms with van der Waals surface area (Å²) in [5.41, 5.74) is 0. The second-order valence-corrected chi connectivity index (χ2v) is 4.67. The molecule has 20 heavy (non-hydrogen) atoms. The minimum absolute atomic E-state index is 0.272. The van der Waals surface area contributed by atoms with Crippen molar-refractivity contribution in [3.63, 3.8) is 0 Å². The number of ether oxygens (including phenoxy) is 2. The van der Waals surface area contributed by atoms with E-state index in [9.17, 15) is 4.79 Å². The molecular weight excluding hydrogens is 258 g/mol. The van der Waals surface area contributed by atoms with Crippen molar-refractivity contribution in [1.82, 2.24) is 9.78 Å². The molecule has 0 saturated carbocycles. The van der Waals surface area contributed by atoms with Crippen molar-refractivity contribution in [2.45, 2.75) is 19.1 Å². The number of nitrogens with one attached hydrogen (secondary N) is 1. The largest absolute Gasteiger partial charge is 0.482 e. The summed E-state index contributed by atoms with van der Waals surface area (Å²) >= 11 is 0. The maximum atomic E-state index is 12.2. The third kappa shape index (κ3) is 2.32. The zero-order chi connectivity index (χ0) is 14.1. The van der Waals surface area contributed by atoms with Crippen LogP contribution in [-0.2, 0) is 11.8 Å². The molecule has 2 heterocycles. The number of aryl methyl sites for hydroxylation is 1. The number of nitrogens with zero attached hydrogens (tertiary/aromatic N) is 2. The molecule has 2 aromatic rings. The Bertz CT molecular complexity index is 638. The van der Waals surface area contributed by atoms with Crippen molar-refractivity contribution >= 4 is 11.7 Å². The van der Waals surface area contributed by atoms with E-state index in [0.29, 0.717) is 17.3 Å². The number of anilines is 1. The van der Waals surface area contributed by atoms with Crippen LogP contribution in [0, 0.1) is 0 Å². The Morgan fingerprint density at radius 2 is 1.95 bits per heavy atom. The lowest BCUT2D eigenvalue weighted by molar-refractivity contribution is -0.128. The normalized spacial score (nSPS) is 20.5. The van der Waals surface area contributed by atoms with Crippen molar-refractivity contribution in [2.24, 2.45) is 7.05 Å². The number of rotatable bonds is 2. The average Bonchev–Trinajstić information content (AvgIpc) is 2.83. The van der Waals surface area contributed by atoms with Crippen LogP contribution in [-0.4, -0.2) is 27.9 Å². The summed E-state index contributed by atoms with van der Waals surface area (Å²) in [6.45, 7) is 1.80. The molecule has 0 aliphatic carbocycles. The van der Waals surface area contributed by atoms with Crippen molar-refractivity contribution < 1.29 is 14.3 Å². The number of para-hydroxylation sites is 2. The third-order valence-corrected chi connectivity index (χ3v) is 3.07. The van der Waals surface area contributed by atoms with E-state index >= 15 is 0 Å². The molecule has 0 spiro atoms. The van der Waals surface area contributed by atoms with E-state index in [-0.39, 0.29) is 12.0 Å². The number of benzene rings is 1. The molecule has 0 unspecified atom stereocenters. The molecule has 1 N–H and O–H groups in total. The average molecular weight is 273 g/mol. The van der Waals surface area contributed by atoms with Gasteiger partial charge >= 0.3 is 0 Å². The highest BCUT2D eigenvalue weighted by Crippen LogP contribution is 2.33. The summed E-state index contributed by atoms with van der Waals surface area (Å²) in [6.07, 6.45) is 0.688. The highest BCUT2D eigenvalue weighted by Gasteiger charge is 2.34. The summed E-state index contributed by atoms with van der Waals surface area (Å²) in [5.74, 6) is 1.45. The second-order valence-electron chi connectivity index (χ2n) is 4.67. The van der Waals surface area contributed by atoms with Crippen molar-refractivity contribution in [2.75, 3.05) is 5.32 Å². The fourth-order valence-electron chi connectivity index (χ4n) is 2.09. The van der Waals surface area contributed by atoms with Gasteiger partial charge in [0.2, 0.25) is 6.10 Å². The fourth-order valence-corrected chi connectivity index (χ4v) is 2.09. The third-order valence-electron chi connectivity index (χ3n) is 3.07. The van der Waals surface area contributed by atoms with Gasteiger partial charge in [0.25, 0.3) is 5.91 Å². The van der Waals surface area contributed by atoms with Crippen LogP contribution in [0.15, 0.2) is 36.5 Å². The predicted molar refractivity (Wildman–Crippen MR) is 72.8 cm³/mol. The van der Waals surface area contributed by atoms with Crippen LogP contribution in [0.25, 0.3) is 0 Å². The predicted octanol–water partition coefficient (Wildman–Crippen LogP) is 1.59. The van der Waals surface area contributed by atoms with Gasteiger partial charge in [0.05, 0.1) is 0 Å². The highest BCUT2D eigenvalue weighted by molar-refractivity contribution is 5.94. The van der Waals surface area contributed by atoms with Gasteiger partial charge in [-0.1, -0.05) is 12.1 Å². The summed E-state index contributed by atoms with van der Waals surface area (Å²) in [6, 6.07) is 9.02. The molecule has 3 rings (SSSR count). The lowest BCUT2D eigenvalue weighted by Crippen LogP contribution is -2.46. The molecule has 0 fully saturated rings. The summed E-state index contributed by atoms with van der Waals surface area (Å²) in [5, 5.41) is 6.82. The highest BCUT2D eigenvalue weighted by atomic mass is 16.6. The summed E-state index contributed by atoms with van der Waals surface area (Å²) in [4.78, 5) is 12.2. The van der Waals surface area contributed by atoms with E-state index < -0.39 is 6.10 Å². The first-order valence-corrected chi connectivity index (χ1v) is 6.36. The van der Waals surface area contributed by atoms with Gasteiger partial charge in [0.15, 0.2) is 17.3 Å². The van der Waals surface area contributed by atoms with Gasteiger partial charge in [-0.15, -0.1) is 0 Å². The van der Waals surface area contributed by atoms with Crippen LogP contribution < -0.4 is 14.8 Å². The van der Waals surface area contributed by atoms with Crippen LogP contribution >= 0.6 is 0 Å². The molecular formula is C14H15N3O3. The molecule has 0 saturated heterocycles. The topological polar surface area (TPSA) is 65.4 Å². The number of carbonyl (C=O) groups is 1. The summed E-state index contributed by atoms with van der Waals surface area (Å²) in [7, 11) is 1.79. The lowest BCUT2D eigenvalue weighted by Gasteiger charge is -2.30. The first-order chi connectivity index (χ1) is 9.63.